The van der Waals surface area contributed by atoms with Crippen molar-refractivity contribution in [1.29, 1.82) is 0 Å². The van der Waals surface area contributed by atoms with E-state index in [1.165, 1.54) is 64.2 Å². The van der Waals surface area contributed by atoms with Crippen LogP contribution in [0.15, 0.2) is 0 Å². The molecule has 4 nitrogen and oxygen atoms in total. The SMILES string of the molecule is CCCCCCCCCCOC(=O)C[N+](C)(C)CCO[C@@H]1C[C@@H]2CC[C@@]1(C)C2(C)C. The summed E-state index contributed by atoms with van der Waals surface area (Å²) < 4.78 is 12.5. The monoisotopic (exact) mass is 424 g/mol. The molecule has 0 aromatic heterocycles. The predicted molar refractivity (Wildman–Crippen MR) is 124 cm³/mol. The molecule has 30 heavy (non-hydrogen) atoms. The Morgan fingerprint density at radius 2 is 1.60 bits per heavy atom. The van der Waals surface area contributed by atoms with E-state index in [0.717, 1.165) is 25.5 Å². The van der Waals surface area contributed by atoms with Gasteiger partial charge in [0.25, 0.3) is 0 Å². The summed E-state index contributed by atoms with van der Waals surface area (Å²) in [5.41, 5.74) is 0.699. The van der Waals surface area contributed by atoms with Crippen molar-refractivity contribution in [2.45, 2.75) is 104 Å². The summed E-state index contributed by atoms with van der Waals surface area (Å²) in [6, 6.07) is 0. The summed E-state index contributed by atoms with van der Waals surface area (Å²) in [6.07, 6.45) is 14.3. The molecular formula is C26H50NO3+. The number of quaternary nitrogens is 1. The maximum absolute atomic E-state index is 12.2. The third kappa shape index (κ3) is 6.69. The Bertz CT molecular complexity index is 530. The lowest BCUT2D eigenvalue weighted by atomic mass is 9.70. The van der Waals surface area contributed by atoms with Crippen LogP contribution in [0.4, 0.5) is 0 Å². The molecular weight excluding hydrogens is 374 g/mol. The normalized spacial score (nSPS) is 27.5. The molecule has 176 valence electrons. The molecule has 0 aromatic rings. The highest BCUT2D eigenvalue weighted by atomic mass is 16.5. The van der Waals surface area contributed by atoms with Crippen LogP contribution in [0, 0.1) is 16.7 Å². The Morgan fingerprint density at radius 1 is 0.967 bits per heavy atom. The highest BCUT2D eigenvalue weighted by Gasteiger charge is 2.61. The first-order chi connectivity index (χ1) is 14.1. The lowest BCUT2D eigenvalue weighted by Gasteiger charge is -2.39. The number of carbonyl (C=O) groups excluding carboxylic acids is 1. The summed E-state index contributed by atoms with van der Waals surface area (Å²) in [5.74, 6) is 0.734. The highest BCUT2D eigenvalue weighted by Crippen LogP contribution is 2.66. The third-order valence-electron chi connectivity index (χ3n) is 8.55. The summed E-state index contributed by atoms with van der Waals surface area (Å²) >= 11 is 0. The molecule has 0 amide bonds. The fraction of sp³-hybridized carbons (Fsp3) is 0.962. The molecule has 0 spiro atoms. The van der Waals surface area contributed by atoms with Crippen molar-refractivity contribution in [2.24, 2.45) is 16.7 Å². The summed E-state index contributed by atoms with van der Waals surface area (Å²) in [7, 11) is 4.21. The smallest absolute Gasteiger partial charge is 0.361 e. The summed E-state index contributed by atoms with van der Waals surface area (Å²) in [5, 5.41) is 0. The minimum Gasteiger partial charge on any atom is -0.462 e. The molecule has 0 unspecified atom stereocenters. The van der Waals surface area contributed by atoms with Gasteiger partial charge in [0.1, 0.15) is 6.54 Å². The van der Waals surface area contributed by atoms with Gasteiger partial charge < -0.3 is 14.0 Å². The molecule has 2 bridgehead atoms. The van der Waals surface area contributed by atoms with Crippen molar-refractivity contribution in [3.63, 3.8) is 0 Å². The maximum atomic E-state index is 12.2. The van der Waals surface area contributed by atoms with Gasteiger partial charge in [-0.3, -0.25) is 0 Å². The molecule has 0 aromatic carbocycles. The second-order valence-electron chi connectivity index (χ2n) is 11.5. The van der Waals surface area contributed by atoms with Crippen LogP contribution >= 0.6 is 0 Å². The van der Waals surface area contributed by atoms with Crippen LogP contribution in [-0.2, 0) is 14.3 Å². The second kappa shape index (κ2) is 11.3. The Labute approximate surface area is 186 Å². The largest absolute Gasteiger partial charge is 0.462 e. The number of likely N-dealkylation sites (N-methyl/N-ethyl adjacent to an activating group) is 1. The van der Waals surface area contributed by atoms with Crippen LogP contribution in [0.3, 0.4) is 0 Å². The molecule has 2 rings (SSSR count). The van der Waals surface area contributed by atoms with Gasteiger partial charge in [0, 0.05) is 0 Å². The molecule has 0 aliphatic heterocycles. The minimum atomic E-state index is -0.0732. The fourth-order valence-electron chi connectivity index (χ4n) is 5.72. The van der Waals surface area contributed by atoms with Crippen LogP contribution in [0.5, 0.6) is 0 Å². The van der Waals surface area contributed by atoms with Crippen molar-refractivity contribution >= 4 is 5.97 Å². The van der Waals surface area contributed by atoms with E-state index >= 15 is 0 Å². The Balaban J connectivity index is 1.55. The Morgan fingerprint density at radius 3 is 2.17 bits per heavy atom. The average Bonchev–Trinajstić information content (AvgIpc) is 2.99. The van der Waals surface area contributed by atoms with Crippen LogP contribution in [0.2, 0.25) is 0 Å². The number of rotatable bonds is 15. The molecule has 0 radical (unpaired) electrons. The topological polar surface area (TPSA) is 35.5 Å². The first kappa shape index (κ1) is 25.6. The van der Waals surface area contributed by atoms with Gasteiger partial charge in [0.05, 0.1) is 33.4 Å². The number of hydrogen-bond donors (Lipinski definition) is 0. The van der Waals surface area contributed by atoms with Gasteiger partial charge in [-0.2, -0.15) is 0 Å². The number of carbonyl (C=O) groups is 1. The standard InChI is InChI=1S/C26H50NO3/c1-7-8-9-10-11-12-13-14-18-30-24(28)21-27(5,6)17-19-29-23-20-22-15-16-26(23,4)25(22,2)3/h22-23H,7-21H2,1-6H3/q+1/t22-,23+,26+/m0/s1. The van der Waals surface area contributed by atoms with Gasteiger partial charge in [-0.05, 0) is 42.4 Å². The molecule has 3 atom stereocenters. The molecule has 2 aliphatic carbocycles. The maximum Gasteiger partial charge on any atom is 0.361 e. The molecule has 4 heteroatoms. The molecule has 0 heterocycles. The van der Waals surface area contributed by atoms with E-state index < -0.39 is 0 Å². The van der Waals surface area contributed by atoms with Gasteiger partial charge >= 0.3 is 5.97 Å². The van der Waals surface area contributed by atoms with Crippen molar-refractivity contribution < 1.29 is 18.8 Å². The quantitative estimate of drug-likeness (QED) is 0.184. The average molecular weight is 425 g/mol. The fourth-order valence-corrected chi connectivity index (χ4v) is 5.72. The van der Waals surface area contributed by atoms with Crippen LogP contribution in [0.25, 0.3) is 0 Å². The zero-order chi connectivity index (χ0) is 22.3. The summed E-state index contributed by atoms with van der Waals surface area (Å²) in [6.45, 7) is 12.1. The number of hydrogen-bond acceptors (Lipinski definition) is 3. The Hall–Kier alpha value is -0.610. The number of nitrogens with zero attached hydrogens (tertiary/aromatic N) is 1. The van der Waals surface area contributed by atoms with Crippen molar-refractivity contribution in [1.82, 2.24) is 0 Å². The predicted octanol–water partition coefficient (Wildman–Crippen LogP) is 5.98. The first-order valence-electron chi connectivity index (χ1n) is 12.7. The number of unbranched alkanes of at least 4 members (excludes halogenated alkanes) is 7. The summed E-state index contributed by atoms with van der Waals surface area (Å²) in [4.78, 5) is 12.2. The minimum absolute atomic E-state index is 0.0732. The van der Waals surface area contributed by atoms with Crippen molar-refractivity contribution in [2.75, 3.05) is 40.4 Å². The van der Waals surface area contributed by atoms with Crippen molar-refractivity contribution in [3.8, 4) is 0 Å². The van der Waals surface area contributed by atoms with Gasteiger partial charge in [-0.25, -0.2) is 4.79 Å². The molecule has 2 fully saturated rings. The van der Waals surface area contributed by atoms with Crippen molar-refractivity contribution in [3.05, 3.63) is 0 Å². The second-order valence-corrected chi connectivity index (χ2v) is 11.5. The highest BCUT2D eigenvalue weighted by molar-refractivity contribution is 5.70. The van der Waals surface area contributed by atoms with Crippen LogP contribution < -0.4 is 0 Å². The van der Waals surface area contributed by atoms with Gasteiger partial charge in [0.2, 0.25) is 0 Å². The van der Waals surface area contributed by atoms with E-state index in [1.807, 2.05) is 0 Å². The zero-order valence-electron chi connectivity index (χ0n) is 20.9. The molecule has 2 aliphatic rings. The van der Waals surface area contributed by atoms with Gasteiger partial charge in [-0.15, -0.1) is 0 Å². The van der Waals surface area contributed by atoms with Crippen LogP contribution in [-0.4, -0.2) is 57.0 Å². The molecule has 2 saturated carbocycles. The zero-order valence-corrected chi connectivity index (χ0v) is 20.9. The first-order valence-corrected chi connectivity index (χ1v) is 12.7. The van der Waals surface area contributed by atoms with E-state index in [4.69, 9.17) is 9.47 Å². The molecule has 0 saturated heterocycles. The lowest BCUT2D eigenvalue weighted by Crippen LogP contribution is -2.47. The number of esters is 1. The lowest BCUT2D eigenvalue weighted by molar-refractivity contribution is -0.883. The van der Waals surface area contributed by atoms with Crippen LogP contribution in [0.1, 0.15) is 98.3 Å². The third-order valence-corrected chi connectivity index (χ3v) is 8.55. The number of fused-ring (bicyclic) bond motifs is 2. The molecule has 0 N–H and O–H groups in total. The van der Waals surface area contributed by atoms with E-state index in [9.17, 15) is 4.79 Å². The number of ether oxygens (including phenoxy) is 2. The Kier molecular flexibility index (Phi) is 9.67. The van der Waals surface area contributed by atoms with Gasteiger partial charge in [0.15, 0.2) is 6.54 Å². The van der Waals surface area contributed by atoms with E-state index in [0.29, 0.717) is 34.6 Å². The van der Waals surface area contributed by atoms with E-state index in [-0.39, 0.29) is 5.97 Å². The van der Waals surface area contributed by atoms with E-state index in [2.05, 4.69) is 41.8 Å². The van der Waals surface area contributed by atoms with E-state index in [1.54, 1.807) is 0 Å². The van der Waals surface area contributed by atoms with Gasteiger partial charge in [-0.1, -0.05) is 72.6 Å².